The molecule has 5 rings (SSSR count). The summed E-state index contributed by atoms with van der Waals surface area (Å²) in [7, 11) is 0.763. The maximum Gasteiger partial charge on any atom is 0.326 e. The number of benzene rings is 3. The molecule has 0 atom stereocenters. The number of rotatable bonds is 12. The molecule has 3 aromatic carbocycles. The van der Waals surface area contributed by atoms with Crippen LogP contribution in [-0.4, -0.2) is 51.1 Å². The number of carbonyl (C=O) groups is 2. The smallest absolute Gasteiger partial charge is 0.326 e. The number of amides is 1. The first-order valence-electron chi connectivity index (χ1n) is 15.1. The molecular weight excluding hydrogens is 604 g/mol. The molecule has 0 fully saturated rings. The first kappa shape index (κ1) is 32.3. The highest BCUT2D eigenvalue weighted by atomic mass is 35.5. The fourth-order valence-electron chi connectivity index (χ4n) is 5.20. The quantitative estimate of drug-likeness (QED) is 0.0513. The van der Waals surface area contributed by atoms with E-state index in [2.05, 4.69) is 19.6 Å². The maximum atomic E-state index is 13.6. The molecule has 1 aliphatic heterocycles. The lowest BCUT2D eigenvalue weighted by Crippen LogP contribution is -2.33. The van der Waals surface area contributed by atoms with Gasteiger partial charge < -0.3 is 18.8 Å². The molecule has 0 unspecified atom stereocenters. The first-order valence-corrected chi connectivity index (χ1v) is 19.2. The van der Waals surface area contributed by atoms with E-state index in [1.165, 1.54) is 4.90 Å². The minimum absolute atomic E-state index is 0.193. The zero-order valence-electron chi connectivity index (χ0n) is 26.4. The first-order chi connectivity index (χ1) is 21.5. The van der Waals surface area contributed by atoms with Gasteiger partial charge in [0.25, 0.3) is 5.91 Å². The molecule has 0 spiro atoms. The minimum atomic E-state index is -1.16. The van der Waals surface area contributed by atoms with E-state index in [4.69, 9.17) is 25.8 Å². The van der Waals surface area contributed by atoms with Crippen LogP contribution < -0.4 is 9.64 Å². The van der Waals surface area contributed by atoms with Crippen LogP contribution in [0.5, 0.6) is 5.75 Å². The van der Waals surface area contributed by atoms with Gasteiger partial charge in [-0.15, -0.1) is 0 Å². The Labute approximate surface area is 271 Å². The number of para-hydroxylation sites is 1. The molecule has 1 aromatic heterocycles. The number of halogens is 1. The molecule has 0 N–H and O–H groups in total. The van der Waals surface area contributed by atoms with Crippen LogP contribution in [0.1, 0.15) is 18.1 Å². The lowest BCUT2D eigenvalue weighted by atomic mass is 9.96. The highest BCUT2D eigenvalue weighted by Gasteiger charge is 2.35. The molecule has 0 saturated heterocycles. The Kier molecular flexibility index (Phi) is 9.97. The van der Waals surface area contributed by atoms with Crippen molar-refractivity contribution in [3.8, 4) is 28.0 Å². The summed E-state index contributed by atoms with van der Waals surface area (Å²) < 4.78 is 18.8. The molecule has 0 aliphatic carbocycles. The van der Waals surface area contributed by atoms with E-state index in [-0.39, 0.29) is 25.9 Å². The summed E-state index contributed by atoms with van der Waals surface area (Å²) in [5.74, 6) is 0.00666. The van der Waals surface area contributed by atoms with E-state index in [0.29, 0.717) is 28.5 Å². The van der Waals surface area contributed by atoms with Crippen molar-refractivity contribution in [2.45, 2.75) is 32.6 Å². The van der Waals surface area contributed by atoms with Gasteiger partial charge in [-0.05, 0) is 60.0 Å². The van der Waals surface area contributed by atoms with Crippen molar-refractivity contribution in [3.63, 3.8) is 0 Å². The second-order valence-corrected chi connectivity index (χ2v) is 18.3. The largest absolute Gasteiger partial charge is 0.467 e. The number of aryl methyl sites for hydroxylation is 1. The van der Waals surface area contributed by atoms with E-state index >= 15 is 0 Å². The fraction of sp³-hybridized carbons (Fsp3) is 0.278. The van der Waals surface area contributed by atoms with Crippen molar-refractivity contribution in [1.82, 2.24) is 4.57 Å². The van der Waals surface area contributed by atoms with Crippen LogP contribution in [0, 0.1) is 0 Å². The summed E-state index contributed by atoms with van der Waals surface area (Å²) in [5.41, 5.74) is 6.31. The monoisotopic (exact) mass is 642 g/mol. The van der Waals surface area contributed by atoms with Gasteiger partial charge in [0.1, 0.15) is 12.3 Å². The Morgan fingerprint density at radius 1 is 0.956 bits per heavy atom. The lowest BCUT2D eigenvalue weighted by Gasteiger charge is -2.17. The topological polar surface area (TPSA) is 70.0 Å². The molecule has 1 amide bonds. The van der Waals surface area contributed by atoms with Crippen molar-refractivity contribution < 1.29 is 23.8 Å². The van der Waals surface area contributed by atoms with Gasteiger partial charge in [0.2, 0.25) is 0 Å². The third-order valence-corrected chi connectivity index (χ3v) is 9.61. The zero-order chi connectivity index (χ0) is 32.1. The van der Waals surface area contributed by atoms with Crippen LogP contribution in [0.15, 0.2) is 79.1 Å². The number of esters is 1. The van der Waals surface area contributed by atoms with Gasteiger partial charge in [-0.3, -0.25) is 14.5 Å². The normalized spacial score (nSPS) is 13.8. The van der Waals surface area contributed by atoms with Gasteiger partial charge >= 0.3 is 5.97 Å². The summed E-state index contributed by atoms with van der Waals surface area (Å²) in [6.07, 6.45) is 5.70. The summed E-state index contributed by atoms with van der Waals surface area (Å²) in [6, 6.07) is 22.7. The molecule has 2 heterocycles. The van der Waals surface area contributed by atoms with Crippen LogP contribution in [0.25, 0.3) is 33.9 Å². The van der Waals surface area contributed by atoms with E-state index in [9.17, 15) is 9.59 Å². The molecule has 4 aromatic rings. The van der Waals surface area contributed by atoms with Crippen molar-refractivity contribution in [3.05, 3.63) is 95.3 Å². The SMILES string of the molecule is CCOC(=O)CN1C(=O)/C(=C\c2ccn(C)c2)c2cc(-c3ccc(-c4ccccc4OCOCC[Si](C)(C)C)cc3)c(Cl)cc21. The Morgan fingerprint density at radius 3 is 2.33 bits per heavy atom. The maximum absolute atomic E-state index is 13.6. The number of carbonyl (C=O) groups excluding carboxylic acids is 2. The molecule has 234 valence electrons. The van der Waals surface area contributed by atoms with E-state index < -0.39 is 14.0 Å². The molecule has 45 heavy (non-hydrogen) atoms. The summed E-state index contributed by atoms with van der Waals surface area (Å²) >= 11 is 6.85. The zero-order valence-corrected chi connectivity index (χ0v) is 28.2. The molecule has 9 heteroatoms. The predicted octanol–water partition coefficient (Wildman–Crippen LogP) is 8.15. The highest BCUT2D eigenvalue weighted by molar-refractivity contribution is 6.76. The van der Waals surface area contributed by atoms with Crippen molar-refractivity contribution in [2.75, 3.05) is 31.5 Å². The average molecular weight is 643 g/mol. The van der Waals surface area contributed by atoms with Gasteiger partial charge in [0, 0.05) is 56.4 Å². The fourth-order valence-corrected chi connectivity index (χ4v) is 6.23. The molecule has 7 nitrogen and oxygen atoms in total. The number of nitrogens with zero attached hydrogens (tertiary/aromatic N) is 2. The summed E-state index contributed by atoms with van der Waals surface area (Å²) in [6.45, 7) is 9.66. The molecule has 0 radical (unpaired) electrons. The average Bonchev–Trinajstić information content (AvgIpc) is 3.52. The third kappa shape index (κ3) is 7.76. The number of anilines is 1. The van der Waals surface area contributed by atoms with Crippen LogP contribution >= 0.6 is 11.6 Å². The van der Waals surface area contributed by atoms with Gasteiger partial charge in [-0.1, -0.05) is 73.7 Å². The second kappa shape index (κ2) is 13.9. The lowest BCUT2D eigenvalue weighted by molar-refractivity contribution is -0.142. The van der Waals surface area contributed by atoms with Crippen molar-refractivity contribution in [2.24, 2.45) is 7.05 Å². The van der Waals surface area contributed by atoms with Crippen LogP contribution in [0.2, 0.25) is 30.7 Å². The highest BCUT2D eigenvalue weighted by Crippen LogP contribution is 2.44. The molecule has 1 aliphatic rings. The number of hydrogen-bond donors (Lipinski definition) is 0. The van der Waals surface area contributed by atoms with E-state index in [1.54, 1.807) is 13.0 Å². The van der Waals surface area contributed by atoms with Gasteiger partial charge in [-0.25, -0.2) is 0 Å². The number of ether oxygens (including phenoxy) is 3. The number of aromatic nitrogens is 1. The number of fused-ring (bicyclic) bond motifs is 1. The molecule has 0 bridgehead atoms. The third-order valence-electron chi connectivity index (χ3n) is 7.59. The standard InChI is InChI=1S/C36H39ClN2O5Si/c1-6-43-35(40)23-39-33-21-32(37)29(20-30(33)31(36(39)41)19-25-15-16-38(2)22-25)27-13-11-26(12-14-27)28-9-7-8-10-34(28)44-24-42-17-18-45(3,4)5/h7-16,19-22H,6,17-18,23-24H2,1-5H3/b31-19-. The van der Waals surface area contributed by atoms with Crippen LogP contribution in [0.4, 0.5) is 5.69 Å². The molecular formula is C36H39ClN2O5Si. The summed E-state index contributed by atoms with van der Waals surface area (Å²) in [4.78, 5) is 27.5. The second-order valence-electron chi connectivity index (χ2n) is 12.3. The Morgan fingerprint density at radius 2 is 1.67 bits per heavy atom. The predicted molar refractivity (Wildman–Crippen MR) is 184 cm³/mol. The van der Waals surface area contributed by atoms with E-state index in [1.807, 2.05) is 90.7 Å². The van der Waals surface area contributed by atoms with Crippen LogP contribution in [-0.2, 0) is 26.1 Å². The molecule has 0 saturated carbocycles. The summed E-state index contributed by atoms with van der Waals surface area (Å²) in [5, 5.41) is 0.475. The Hall–Kier alpha value is -4.11. The Balaban J connectivity index is 1.43. The number of hydrogen-bond acceptors (Lipinski definition) is 5. The minimum Gasteiger partial charge on any atom is -0.467 e. The van der Waals surface area contributed by atoms with Crippen molar-refractivity contribution >= 4 is 48.9 Å². The van der Waals surface area contributed by atoms with Crippen molar-refractivity contribution in [1.29, 1.82) is 0 Å². The van der Waals surface area contributed by atoms with Gasteiger partial charge in [0.05, 0.1) is 17.3 Å². The Bertz CT molecular complexity index is 1720. The van der Waals surface area contributed by atoms with Crippen LogP contribution in [0.3, 0.4) is 0 Å². The van der Waals surface area contributed by atoms with Gasteiger partial charge in [0.15, 0.2) is 6.79 Å². The van der Waals surface area contributed by atoms with E-state index in [0.717, 1.165) is 39.6 Å². The van der Waals surface area contributed by atoms with Gasteiger partial charge in [-0.2, -0.15) is 0 Å².